The SMILES string of the molecule is C=CC(=O)O[C@H](C)[C@H](CC(=O)OC(C)(C)C)C(=O)N1C[C@H](OC(=O)N2Cc3cccc(F)c3C2)C[C@H]1C(=O)C[C@]1(C(=O)NS(=O)(=O)C2CC2)C[C@H]1C=C. The lowest BCUT2D eigenvalue weighted by Gasteiger charge is -2.31. The van der Waals surface area contributed by atoms with E-state index in [2.05, 4.69) is 17.9 Å². The Labute approximate surface area is 308 Å². The van der Waals surface area contributed by atoms with Crippen LogP contribution in [-0.2, 0) is 61.3 Å². The van der Waals surface area contributed by atoms with Gasteiger partial charge in [-0.3, -0.25) is 28.8 Å². The molecule has 1 saturated heterocycles. The molecule has 4 aliphatic rings. The number of hydrogen-bond donors (Lipinski definition) is 1. The van der Waals surface area contributed by atoms with Gasteiger partial charge in [0.25, 0.3) is 0 Å². The van der Waals surface area contributed by atoms with Crippen molar-refractivity contribution in [3.05, 3.63) is 60.5 Å². The van der Waals surface area contributed by atoms with E-state index in [-0.39, 0.29) is 32.5 Å². The second kappa shape index (κ2) is 15.0. The Hall–Kier alpha value is -4.60. The van der Waals surface area contributed by atoms with Crippen molar-refractivity contribution in [2.24, 2.45) is 17.3 Å². The molecule has 288 valence electrons. The van der Waals surface area contributed by atoms with Gasteiger partial charge < -0.3 is 19.1 Å². The Morgan fingerprint density at radius 1 is 1.11 bits per heavy atom. The molecule has 2 heterocycles. The second-order valence-electron chi connectivity index (χ2n) is 15.2. The summed E-state index contributed by atoms with van der Waals surface area (Å²) in [5.74, 6) is -6.20. The predicted molar refractivity (Wildman–Crippen MR) is 186 cm³/mol. The number of halogens is 1. The summed E-state index contributed by atoms with van der Waals surface area (Å²) in [5.41, 5.74) is -1.39. The smallest absolute Gasteiger partial charge is 0.410 e. The molecule has 1 N–H and O–H groups in total. The van der Waals surface area contributed by atoms with Crippen molar-refractivity contribution >= 4 is 45.7 Å². The normalized spacial score (nSPS) is 24.7. The van der Waals surface area contributed by atoms with Gasteiger partial charge in [0.2, 0.25) is 21.8 Å². The van der Waals surface area contributed by atoms with Crippen LogP contribution in [-0.4, -0.2) is 89.5 Å². The maximum absolute atomic E-state index is 14.4. The molecule has 6 atom stereocenters. The van der Waals surface area contributed by atoms with Gasteiger partial charge in [0.15, 0.2) is 5.78 Å². The number of sulfonamides is 1. The molecule has 2 aliphatic heterocycles. The first-order valence-electron chi connectivity index (χ1n) is 17.6. The van der Waals surface area contributed by atoms with E-state index in [1.54, 1.807) is 26.8 Å². The van der Waals surface area contributed by atoms with Crippen LogP contribution in [0.3, 0.4) is 0 Å². The van der Waals surface area contributed by atoms with Gasteiger partial charge in [0.05, 0.1) is 42.1 Å². The van der Waals surface area contributed by atoms with E-state index < -0.39 is 111 Å². The number of allylic oxidation sites excluding steroid dienone is 1. The van der Waals surface area contributed by atoms with Gasteiger partial charge in [-0.1, -0.05) is 24.8 Å². The van der Waals surface area contributed by atoms with Crippen molar-refractivity contribution < 1.29 is 55.8 Å². The van der Waals surface area contributed by atoms with Crippen LogP contribution in [0.1, 0.15) is 77.3 Å². The maximum atomic E-state index is 14.4. The average molecular weight is 760 g/mol. The molecule has 0 unspecified atom stereocenters. The van der Waals surface area contributed by atoms with Gasteiger partial charge >= 0.3 is 18.0 Å². The number of nitrogens with zero attached hydrogens (tertiary/aromatic N) is 2. The van der Waals surface area contributed by atoms with Crippen molar-refractivity contribution in [1.82, 2.24) is 14.5 Å². The zero-order chi connectivity index (χ0) is 39.0. The van der Waals surface area contributed by atoms with E-state index in [1.807, 2.05) is 0 Å². The molecule has 3 fully saturated rings. The van der Waals surface area contributed by atoms with E-state index in [4.69, 9.17) is 14.2 Å². The molecular weight excluding hydrogens is 713 g/mol. The topological polar surface area (TPSA) is 183 Å². The first-order chi connectivity index (χ1) is 24.8. The molecule has 1 aromatic carbocycles. The highest BCUT2D eigenvalue weighted by Gasteiger charge is 2.61. The van der Waals surface area contributed by atoms with Crippen molar-refractivity contribution in [3.63, 3.8) is 0 Å². The number of amides is 3. The number of nitrogens with one attached hydrogen (secondary N) is 1. The number of likely N-dealkylation sites (tertiary alicyclic amines) is 1. The van der Waals surface area contributed by atoms with Crippen molar-refractivity contribution in [1.29, 1.82) is 0 Å². The fourth-order valence-electron chi connectivity index (χ4n) is 7.01. The lowest BCUT2D eigenvalue weighted by atomic mass is 9.90. The molecule has 0 bridgehead atoms. The third-order valence-electron chi connectivity index (χ3n) is 10.1. The predicted octanol–water partition coefficient (Wildman–Crippen LogP) is 3.47. The van der Waals surface area contributed by atoms with Crippen LogP contribution in [0.25, 0.3) is 0 Å². The summed E-state index contributed by atoms with van der Waals surface area (Å²) in [5, 5.41) is -0.683. The summed E-state index contributed by atoms with van der Waals surface area (Å²) in [4.78, 5) is 83.1. The van der Waals surface area contributed by atoms with Gasteiger partial charge in [0.1, 0.15) is 23.6 Å². The average Bonchev–Trinajstić information content (AvgIpc) is 3.96. The van der Waals surface area contributed by atoms with E-state index in [0.717, 1.165) is 11.0 Å². The standard InChI is InChI=1S/C37H46FN3O11S/c1-7-23-16-37(23,34(46)39-53(48,49)25-12-13-25)17-30(42)29-14-24(51-35(47)40-18-22-10-9-11-28(38)27(22)20-40)19-41(29)33(45)26(21(3)50-31(43)8-2)15-32(44)52-36(4,5)6/h7-11,21,23-26,29H,1-2,12-20H2,3-6H3,(H,39,46)/t21-,23-,24-,26+,29+,37-/m1/s1. The number of carbonyl (C=O) groups excluding carboxylic acids is 6. The highest BCUT2D eigenvalue weighted by atomic mass is 32.2. The van der Waals surface area contributed by atoms with Crippen LogP contribution < -0.4 is 4.72 Å². The Balaban J connectivity index is 1.41. The zero-order valence-electron chi connectivity index (χ0n) is 30.3. The van der Waals surface area contributed by atoms with Crippen LogP contribution in [0, 0.1) is 23.1 Å². The van der Waals surface area contributed by atoms with Crippen molar-refractivity contribution in [3.8, 4) is 0 Å². The molecule has 1 aromatic rings. The van der Waals surface area contributed by atoms with Gasteiger partial charge in [-0.05, 0) is 64.5 Å². The molecule has 0 aromatic heterocycles. The minimum Gasteiger partial charge on any atom is -0.460 e. The molecule has 0 radical (unpaired) electrons. The highest BCUT2D eigenvalue weighted by Crippen LogP contribution is 2.57. The lowest BCUT2D eigenvalue weighted by Crippen LogP contribution is -2.49. The summed E-state index contributed by atoms with van der Waals surface area (Å²) in [7, 11) is -3.94. The largest absolute Gasteiger partial charge is 0.460 e. The fraction of sp³-hybridized carbons (Fsp3) is 0.568. The van der Waals surface area contributed by atoms with Gasteiger partial charge in [-0.15, -0.1) is 6.58 Å². The number of benzene rings is 1. The molecule has 14 nitrogen and oxygen atoms in total. The summed E-state index contributed by atoms with van der Waals surface area (Å²) >= 11 is 0. The van der Waals surface area contributed by atoms with Crippen LogP contribution in [0.4, 0.5) is 9.18 Å². The quantitative estimate of drug-likeness (QED) is 0.127. The number of esters is 2. The first kappa shape index (κ1) is 39.6. The Morgan fingerprint density at radius 2 is 1.81 bits per heavy atom. The molecule has 2 aliphatic carbocycles. The van der Waals surface area contributed by atoms with Gasteiger partial charge in [-0.2, -0.15) is 0 Å². The lowest BCUT2D eigenvalue weighted by molar-refractivity contribution is -0.164. The number of fused-ring (bicyclic) bond motifs is 1. The summed E-state index contributed by atoms with van der Waals surface area (Å²) in [6, 6.07) is 3.23. The van der Waals surface area contributed by atoms with E-state index in [9.17, 15) is 41.6 Å². The molecule has 53 heavy (non-hydrogen) atoms. The minimum atomic E-state index is -3.94. The fourth-order valence-corrected chi connectivity index (χ4v) is 8.40. The molecule has 2 saturated carbocycles. The van der Waals surface area contributed by atoms with Crippen LogP contribution >= 0.6 is 0 Å². The Morgan fingerprint density at radius 3 is 2.40 bits per heavy atom. The van der Waals surface area contributed by atoms with Crippen LogP contribution in [0.5, 0.6) is 0 Å². The Bertz CT molecular complexity index is 1820. The zero-order valence-corrected chi connectivity index (χ0v) is 31.1. The number of hydrogen-bond acceptors (Lipinski definition) is 11. The molecule has 0 spiro atoms. The highest BCUT2D eigenvalue weighted by molar-refractivity contribution is 7.90. The van der Waals surface area contributed by atoms with Crippen molar-refractivity contribution in [2.75, 3.05) is 6.54 Å². The number of ketones is 1. The number of ether oxygens (including phenoxy) is 3. The Kier molecular flexibility index (Phi) is 11.2. The van der Waals surface area contributed by atoms with E-state index >= 15 is 0 Å². The summed E-state index contributed by atoms with van der Waals surface area (Å²) in [6.45, 7) is 13.2. The number of Topliss-reactive ketones (excluding diaryl/α,β-unsaturated/α-hetero) is 1. The molecule has 5 rings (SSSR count). The maximum Gasteiger partial charge on any atom is 0.410 e. The second-order valence-corrected chi connectivity index (χ2v) is 17.2. The number of carbonyl (C=O) groups is 6. The van der Waals surface area contributed by atoms with Gasteiger partial charge in [0, 0.05) is 31.0 Å². The van der Waals surface area contributed by atoms with E-state index in [0.29, 0.717) is 24.0 Å². The molecule has 16 heteroatoms. The third kappa shape index (κ3) is 8.96. The van der Waals surface area contributed by atoms with Crippen molar-refractivity contribution in [2.45, 2.75) is 108 Å². The summed E-state index contributed by atoms with van der Waals surface area (Å²) < 4.78 is 58.5. The third-order valence-corrected chi connectivity index (χ3v) is 11.9. The minimum absolute atomic E-state index is 0.0486. The monoisotopic (exact) mass is 759 g/mol. The van der Waals surface area contributed by atoms with Crippen LogP contribution in [0.15, 0.2) is 43.5 Å². The molecular formula is C37H46FN3O11S. The molecule has 3 amide bonds. The van der Waals surface area contributed by atoms with E-state index in [1.165, 1.54) is 30.0 Å². The summed E-state index contributed by atoms with van der Waals surface area (Å²) in [6.07, 6.45) is -0.880. The van der Waals surface area contributed by atoms with Gasteiger partial charge in [-0.25, -0.2) is 22.4 Å². The van der Waals surface area contributed by atoms with Crippen LogP contribution in [0.2, 0.25) is 0 Å². The number of rotatable bonds is 14. The first-order valence-corrected chi connectivity index (χ1v) is 19.1.